The molecular weight excluding hydrogens is 338 g/mol. The van der Waals surface area contributed by atoms with Crippen LogP contribution in [0.15, 0.2) is 17.5 Å². The zero-order valence-electron chi connectivity index (χ0n) is 15.4. The Kier molecular flexibility index (Phi) is 6.06. The van der Waals surface area contributed by atoms with E-state index < -0.39 is 5.97 Å². The lowest BCUT2D eigenvalue weighted by Crippen LogP contribution is -2.14. The minimum Gasteiger partial charge on any atom is -0.494 e. The van der Waals surface area contributed by atoms with Crippen molar-refractivity contribution in [2.45, 2.75) is 46.5 Å². The molecule has 0 spiro atoms. The Morgan fingerprint density at radius 3 is 2.36 bits per heavy atom. The van der Waals surface area contributed by atoms with Gasteiger partial charge in [0.2, 0.25) is 0 Å². The predicted octanol–water partition coefficient (Wildman–Crippen LogP) is 4.53. The number of carbonyl (C=O) groups is 1. The molecule has 0 fully saturated rings. The van der Waals surface area contributed by atoms with Crippen molar-refractivity contribution < 1.29 is 19.4 Å². The fourth-order valence-corrected chi connectivity index (χ4v) is 3.33. The SMILES string of the molecule is CCOc1cc(C(C)(C)C)c(OCC)cc1-c1csc(CC(=O)O)n1. The number of thiazole rings is 1. The summed E-state index contributed by atoms with van der Waals surface area (Å²) in [4.78, 5) is 15.4. The highest BCUT2D eigenvalue weighted by Crippen LogP contribution is 2.41. The van der Waals surface area contributed by atoms with Gasteiger partial charge in [-0.2, -0.15) is 0 Å². The number of aliphatic carboxylic acids is 1. The van der Waals surface area contributed by atoms with Gasteiger partial charge < -0.3 is 14.6 Å². The lowest BCUT2D eigenvalue weighted by atomic mass is 9.85. The van der Waals surface area contributed by atoms with E-state index in [2.05, 4.69) is 25.8 Å². The summed E-state index contributed by atoms with van der Waals surface area (Å²) in [6, 6.07) is 3.97. The molecule has 1 aromatic heterocycles. The molecule has 2 rings (SSSR count). The second-order valence-electron chi connectivity index (χ2n) is 6.66. The molecule has 1 N–H and O–H groups in total. The number of carboxylic acids is 1. The monoisotopic (exact) mass is 363 g/mol. The minimum atomic E-state index is -0.885. The number of carboxylic acid groups (broad SMARTS) is 1. The molecule has 0 saturated carbocycles. The average molecular weight is 363 g/mol. The standard InChI is InChI=1S/C19H25NO4S/c1-6-23-15-9-13(19(3,4)5)16(24-7-2)8-12(15)14-11-25-17(20-14)10-18(21)22/h8-9,11H,6-7,10H2,1-5H3,(H,21,22). The molecule has 2 aromatic rings. The number of rotatable bonds is 7. The van der Waals surface area contributed by atoms with Gasteiger partial charge >= 0.3 is 5.97 Å². The summed E-state index contributed by atoms with van der Waals surface area (Å²) in [5.41, 5.74) is 2.52. The topological polar surface area (TPSA) is 68.7 Å². The van der Waals surface area contributed by atoms with Crippen LogP contribution in [-0.2, 0) is 16.6 Å². The van der Waals surface area contributed by atoms with E-state index in [1.165, 1.54) is 11.3 Å². The molecule has 0 aliphatic carbocycles. The molecule has 1 aromatic carbocycles. The van der Waals surface area contributed by atoms with E-state index >= 15 is 0 Å². The molecule has 25 heavy (non-hydrogen) atoms. The number of ether oxygens (including phenoxy) is 2. The highest BCUT2D eigenvalue weighted by molar-refractivity contribution is 7.10. The predicted molar refractivity (Wildman–Crippen MR) is 99.9 cm³/mol. The Morgan fingerprint density at radius 2 is 1.80 bits per heavy atom. The Morgan fingerprint density at radius 1 is 1.16 bits per heavy atom. The second-order valence-corrected chi connectivity index (χ2v) is 7.60. The van der Waals surface area contributed by atoms with Gasteiger partial charge in [-0.15, -0.1) is 11.3 Å². The normalized spacial score (nSPS) is 11.4. The van der Waals surface area contributed by atoms with Crippen LogP contribution in [-0.4, -0.2) is 29.3 Å². The van der Waals surface area contributed by atoms with Crippen LogP contribution in [0.5, 0.6) is 11.5 Å². The Hall–Kier alpha value is -2.08. The zero-order valence-corrected chi connectivity index (χ0v) is 16.2. The van der Waals surface area contributed by atoms with Gasteiger partial charge in [-0.1, -0.05) is 20.8 Å². The lowest BCUT2D eigenvalue weighted by molar-refractivity contribution is -0.136. The number of benzene rings is 1. The zero-order chi connectivity index (χ0) is 18.6. The minimum absolute atomic E-state index is 0.0764. The largest absolute Gasteiger partial charge is 0.494 e. The second kappa shape index (κ2) is 7.87. The third-order valence-corrected chi connectivity index (χ3v) is 4.47. The van der Waals surface area contributed by atoms with E-state index in [0.29, 0.717) is 23.9 Å². The van der Waals surface area contributed by atoms with Gasteiger partial charge in [-0.3, -0.25) is 4.79 Å². The van der Waals surface area contributed by atoms with Crippen molar-refractivity contribution >= 4 is 17.3 Å². The van der Waals surface area contributed by atoms with Crippen molar-refractivity contribution in [1.29, 1.82) is 0 Å². The van der Waals surface area contributed by atoms with Crippen molar-refractivity contribution in [3.05, 3.63) is 28.1 Å². The molecular formula is C19H25NO4S. The van der Waals surface area contributed by atoms with Crippen LogP contribution in [0.1, 0.15) is 45.2 Å². The molecule has 136 valence electrons. The summed E-state index contributed by atoms with van der Waals surface area (Å²) in [5, 5.41) is 11.4. The molecule has 6 heteroatoms. The maximum Gasteiger partial charge on any atom is 0.310 e. The molecule has 5 nitrogen and oxygen atoms in total. The van der Waals surface area contributed by atoms with E-state index in [1.54, 1.807) is 0 Å². The van der Waals surface area contributed by atoms with Crippen molar-refractivity contribution in [3.63, 3.8) is 0 Å². The van der Waals surface area contributed by atoms with Crippen LogP contribution < -0.4 is 9.47 Å². The first kappa shape index (κ1) is 19.2. The molecule has 1 heterocycles. The maximum atomic E-state index is 10.9. The fourth-order valence-electron chi connectivity index (χ4n) is 2.54. The highest BCUT2D eigenvalue weighted by Gasteiger charge is 2.23. The van der Waals surface area contributed by atoms with Gasteiger partial charge in [0.05, 0.1) is 25.3 Å². The fraction of sp³-hybridized carbons (Fsp3) is 0.474. The van der Waals surface area contributed by atoms with Crippen molar-refractivity contribution in [2.24, 2.45) is 0 Å². The first-order valence-corrected chi connectivity index (χ1v) is 9.24. The molecule has 0 bridgehead atoms. The summed E-state index contributed by atoms with van der Waals surface area (Å²) in [6.07, 6.45) is -0.0764. The van der Waals surface area contributed by atoms with Crippen LogP contribution in [0.3, 0.4) is 0 Å². The van der Waals surface area contributed by atoms with E-state index in [-0.39, 0.29) is 11.8 Å². The summed E-state index contributed by atoms with van der Waals surface area (Å²) >= 11 is 1.34. The van der Waals surface area contributed by atoms with Gasteiger partial charge in [0.15, 0.2) is 0 Å². The van der Waals surface area contributed by atoms with E-state index in [1.807, 2.05) is 31.4 Å². The van der Waals surface area contributed by atoms with Crippen LogP contribution in [0.2, 0.25) is 0 Å². The molecule has 0 aliphatic heterocycles. The van der Waals surface area contributed by atoms with E-state index in [9.17, 15) is 4.79 Å². The molecule has 0 aliphatic rings. The molecule has 0 unspecified atom stereocenters. The molecule has 0 atom stereocenters. The molecule has 0 amide bonds. The van der Waals surface area contributed by atoms with Crippen molar-refractivity contribution in [2.75, 3.05) is 13.2 Å². The van der Waals surface area contributed by atoms with Gasteiger partial charge in [0, 0.05) is 16.5 Å². The van der Waals surface area contributed by atoms with Gasteiger partial charge in [-0.05, 0) is 31.4 Å². The summed E-state index contributed by atoms with van der Waals surface area (Å²) < 4.78 is 11.7. The van der Waals surface area contributed by atoms with Crippen LogP contribution in [0.25, 0.3) is 11.3 Å². The Labute approximate surface area is 152 Å². The van der Waals surface area contributed by atoms with E-state index in [0.717, 1.165) is 22.6 Å². The quantitative estimate of drug-likeness (QED) is 0.782. The van der Waals surface area contributed by atoms with Crippen LogP contribution in [0, 0.1) is 0 Å². The van der Waals surface area contributed by atoms with Crippen LogP contribution in [0.4, 0.5) is 0 Å². The average Bonchev–Trinajstić information content (AvgIpc) is 2.95. The first-order chi connectivity index (χ1) is 11.8. The Bertz CT molecular complexity index is 746. The summed E-state index contributed by atoms with van der Waals surface area (Å²) in [5.74, 6) is 0.660. The van der Waals surface area contributed by atoms with Crippen molar-refractivity contribution in [3.8, 4) is 22.8 Å². The number of nitrogens with zero attached hydrogens (tertiary/aromatic N) is 1. The molecule has 0 saturated heterocycles. The number of hydrogen-bond donors (Lipinski definition) is 1. The third-order valence-electron chi connectivity index (χ3n) is 3.62. The smallest absolute Gasteiger partial charge is 0.310 e. The van der Waals surface area contributed by atoms with Gasteiger partial charge in [0.1, 0.15) is 16.5 Å². The molecule has 0 radical (unpaired) electrons. The Balaban J connectivity index is 2.56. The first-order valence-electron chi connectivity index (χ1n) is 8.37. The summed E-state index contributed by atoms with van der Waals surface area (Å²) in [7, 11) is 0. The van der Waals surface area contributed by atoms with E-state index in [4.69, 9.17) is 14.6 Å². The van der Waals surface area contributed by atoms with Crippen LogP contribution >= 0.6 is 11.3 Å². The van der Waals surface area contributed by atoms with Gasteiger partial charge in [-0.25, -0.2) is 4.98 Å². The summed E-state index contributed by atoms with van der Waals surface area (Å²) in [6.45, 7) is 11.4. The maximum absolute atomic E-state index is 10.9. The third kappa shape index (κ3) is 4.72. The lowest BCUT2D eigenvalue weighted by Gasteiger charge is -2.24. The van der Waals surface area contributed by atoms with Gasteiger partial charge in [0.25, 0.3) is 0 Å². The van der Waals surface area contributed by atoms with Crippen molar-refractivity contribution in [1.82, 2.24) is 4.98 Å². The highest BCUT2D eigenvalue weighted by atomic mass is 32.1. The number of hydrogen-bond acceptors (Lipinski definition) is 5. The number of aromatic nitrogens is 1.